The number of nitrogens with one attached hydrogen (secondary N) is 2. The van der Waals surface area contributed by atoms with Gasteiger partial charge in [-0.25, -0.2) is 8.42 Å². The topological polar surface area (TPSA) is 58.2 Å². The summed E-state index contributed by atoms with van der Waals surface area (Å²) in [5.41, 5.74) is 0. The van der Waals surface area contributed by atoms with Crippen molar-refractivity contribution in [3.63, 3.8) is 0 Å². The minimum atomic E-state index is -2.73. The van der Waals surface area contributed by atoms with Gasteiger partial charge in [-0.3, -0.25) is 0 Å². The van der Waals surface area contributed by atoms with Gasteiger partial charge in [0.15, 0.2) is 9.84 Å². The first-order chi connectivity index (χ1) is 6.49. The average molecular weight is 220 g/mol. The highest BCUT2D eigenvalue weighted by Gasteiger charge is 2.26. The molecule has 0 amide bonds. The third kappa shape index (κ3) is 4.39. The molecular weight excluding hydrogens is 200 g/mol. The summed E-state index contributed by atoms with van der Waals surface area (Å²) < 4.78 is 22.3. The van der Waals surface area contributed by atoms with E-state index in [1.165, 1.54) is 0 Å². The summed E-state index contributed by atoms with van der Waals surface area (Å²) in [4.78, 5) is 0. The average Bonchev–Trinajstić information content (AvgIpc) is 2.39. The highest BCUT2D eigenvalue weighted by Crippen LogP contribution is 2.10. The lowest BCUT2D eigenvalue weighted by atomic mass is 10.2. The first-order valence-corrected chi connectivity index (χ1v) is 6.99. The van der Waals surface area contributed by atoms with Gasteiger partial charge in [0.25, 0.3) is 0 Å². The molecule has 0 aromatic rings. The molecule has 1 heterocycles. The second-order valence-electron chi connectivity index (χ2n) is 4.16. The summed E-state index contributed by atoms with van der Waals surface area (Å²) >= 11 is 0. The van der Waals surface area contributed by atoms with E-state index in [1.807, 2.05) is 0 Å². The summed E-state index contributed by atoms with van der Waals surface area (Å²) in [5.74, 6) is 0.664. The molecule has 1 fully saturated rings. The van der Waals surface area contributed by atoms with Crippen LogP contribution >= 0.6 is 0 Å². The Balaban J connectivity index is 2.09. The van der Waals surface area contributed by atoms with Crippen molar-refractivity contribution in [3.8, 4) is 0 Å². The Labute approximate surface area is 86.4 Å². The Morgan fingerprint density at radius 3 is 2.57 bits per heavy atom. The van der Waals surface area contributed by atoms with Crippen molar-refractivity contribution in [1.82, 2.24) is 10.6 Å². The Hall–Kier alpha value is -0.130. The molecule has 0 bridgehead atoms. The molecule has 0 aromatic carbocycles. The van der Waals surface area contributed by atoms with Gasteiger partial charge in [-0.05, 0) is 6.42 Å². The normalized spacial score (nSPS) is 25.8. The smallest absolute Gasteiger partial charge is 0.151 e. The first kappa shape index (κ1) is 11.9. The minimum absolute atomic E-state index is 0.175. The van der Waals surface area contributed by atoms with Crippen molar-refractivity contribution < 1.29 is 8.42 Å². The predicted octanol–water partition coefficient (Wildman–Crippen LogP) is -0.239. The molecule has 1 rings (SSSR count). The van der Waals surface area contributed by atoms with Gasteiger partial charge in [0.05, 0.1) is 11.5 Å². The minimum Gasteiger partial charge on any atom is -0.313 e. The quantitative estimate of drug-likeness (QED) is 0.628. The highest BCUT2D eigenvalue weighted by molar-refractivity contribution is 7.91. The van der Waals surface area contributed by atoms with Gasteiger partial charge >= 0.3 is 0 Å². The SMILES string of the molecule is CC(C)NCCNC1CCS(=O)(=O)C1. The molecule has 1 saturated heterocycles. The van der Waals surface area contributed by atoms with Crippen LogP contribution in [-0.4, -0.2) is 45.1 Å². The molecule has 1 aliphatic rings. The fourth-order valence-electron chi connectivity index (χ4n) is 1.59. The van der Waals surface area contributed by atoms with Gasteiger partial charge < -0.3 is 10.6 Å². The van der Waals surface area contributed by atoms with Crippen LogP contribution in [0.5, 0.6) is 0 Å². The zero-order valence-electron chi connectivity index (χ0n) is 8.91. The van der Waals surface area contributed by atoms with Crippen LogP contribution in [0, 0.1) is 0 Å². The lowest BCUT2D eigenvalue weighted by Gasteiger charge is -2.12. The fourth-order valence-corrected chi connectivity index (χ4v) is 3.30. The molecule has 0 spiro atoms. The van der Waals surface area contributed by atoms with Crippen LogP contribution in [0.1, 0.15) is 20.3 Å². The van der Waals surface area contributed by atoms with Gasteiger partial charge in [-0.2, -0.15) is 0 Å². The van der Waals surface area contributed by atoms with Crippen LogP contribution in [0.3, 0.4) is 0 Å². The van der Waals surface area contributed by atoms with E-state index in [9.17, 15) is 8.42 Å². The van der Waals surface area contributed by atoms with Crippen LogP contribution < -0.4 is 10.6 Å². The molecule has 84 valence electrons. The standard InChI is InChI=1S/C9H20N2O2S/c1-8(2)10-4-5-11-9-3-6-14(12,13)7-9/h8-11H,3-7H2,1-2H3. The zero-order valence-corrected chi connectivity index (χ0v) is 9.73. The molecule has 1 atom stereocenters. The molecule has 0 saturated carbocycles. The Morgan fingerprint density at radius 2 is 2.07 bits per heavy atom. The third-order valence-electron chi connectivity index (χ3n) is 2.34. The van der Waals surface area contributed by atoms with Gasteiger partial charge in [-0.15, -0.1) is 0 Å². The number of hydrogen-bond acceptors (Lipinski definition) is 4. The molecule has 0 aromatic heterocycles. The molecule has 5 heteroatoms. The Kier molecular flexibility index (Phi) is 4.34. The van der Waals surface area contributed by atoms with Crippen molar-refractivity contribution in [2.24, 2.45) is 0 Å². The predicted molar refractivity (Wildman–Crippen MR) is 58.2 cm³/mol. The first-order valence-electron chi connectivity index (χ1n) is 5.17. The van der Waals surface area contributed by atoms with Crippen LogP contribution in [0.25, 0.3) is 0 Å². The van der Waals surface area contributed by atoms with E-state index in [0.29, 0.717) is 17.5 Å². The molecule has 1 unspecified atom stereocenters. The van der Waals surface area contributed by atoms with Crippen molar-refractivity contribution >= 4 is 9.84 Å². The van der Waals surface area contributed by atoms with Crippen molar-refractivity contribution in [2.75, 3.05) is 24.6 Å². The van der Waals surface area contributed by atoms with E-state index < -0.39 is 9.84 Å². The van der Waals surface area contributed by atoms with E-state index in [0.717, 1.165) is 19.5 Å². The second-order valence-corrected chi connectivity index (χ2v) is 6.39. The van der Waals surface area contributed by atoms with Crippen LogP contribution in [0.4, 0.5) is 0 Å². The summed E-state index contributed by atoms with van der Waals surface area (Å²) in [7, 11) is -2.73. The summed E-state index contributed by atoms with van der Waals surface area (Å²) in [6.45, 7) is 5.94. The molecule has 0 aliphatic carbocycles. The highest BCUT2D eigenvalue weighted by atomic mass is 32.2. The van der Waals surface area contributed by atoms with Crippen LogP contribution in [0.15, 0.2) is 0 Å². The Bertz CT molecular complexity index is 262. The maximum absolute atomic E-state index is 11.1. The van der Waals surface area contributed by atoms with Gasteiger partial charge in [0.1, 0.15) is 0 Å². The van der Waals surface area contributed by atoms with Crippen molar-refractivity contribution in [2.45, 2.75) is 32.4 Å². The van der Waals surface area contributed by atoms with Crippen molar-refractivity contribution in [3.05, 3.63) is 0 Å². The number of sulfone groups is 1. The monoisotopic (exact) mass is 220 g/mol. The largest absolute Gasteiger partial charge is 0.313 e. The van der Waals surface area contributed by atoms with Gasteiger partial charge in [0, 0.05) is 25.2 Å². The lowest BCUT2D eigenvalue weighted by Crippen LogP contribution is -2.37. The maximum Gasteiger partial charge on any atom is 0.151 e. The van der Waals surface area contributed by atoms with Crippen LogP contribution in [-0.2, 0) is 9.84 Å². The number of rotatable bonds is 5. The molecule has 1 aliphatic heterocycles. The Morgan fingerprint density at radius 1 is 1.36 bits per heavy atom. The second kappa shape index (κ2) is 5.09. The molecule has 14 heavy (non-hydrogen) atoms. The number of hydrogen-bond donors (Lipinski definition) is 2. The maximum atomic E-state index is 11.1. The van der Waals surface area contributed by atoms with Crippen molar-refractivity contribution in [1.29, 1.82) is 0 Å². The van der Waals surface area contributed by atoms with E-state index in [4.69, 9.17) is 0 Å². The van der Waals surface area contributed by atoms with E-state index in [1.54, 1.807) is 0 Å². The van der Waals surface area contributed by atoms with Gasteiger partial charge in [-0.1, -0.05) is 13.8 Å². The van der Waals surface area contributed by atoms with E-state index >= 15 is 0 Å². The summed E-state index contributed by atoms with van der Waals surface area (Å²) in [6, 6.07) is 0.665. The van der Waals surface area contributed by atoms with Gasteiger partial charge in [0.2, 0.25) is 0 Å². The summed E-state index contributed by atoms with van der Waals surface area (Å²) in [5, 5.41) is 6.53. The fraction of sp³-hybridized carbons (Fsp3) is 1.00. The lowest BCUT2D eigenvalue weighted by molar-refractivity contribution is 0.510. The molecule has 4 nitrogen and oxygen atoms in total. The van der Waals surface area contributed by atoms with E-state index in [-0.39, 0.29) is 6.04 Å². The molecule has 2 N–H and O–H groups in total. The summed E-state index contributed by atoms with van der Waals surface area (Å²) in [6.07, 6.45) is 0.768. The molecule has 0 radical (unpaired) electrons. The zero-order chi connectivity index (χ0) is 10.6. The third-order valence-corrected chi connectivity index (χ3v) is 4.11. The van der Waals surface area contributed by atoms with Crippen LogP contribution in [0.2, 0.25) is 0 Å². The molecular formula is C9H20N2O2S. The van der Waals surface area contributed by atoms with E-state index in [2.05, 4.69) is 24.5 Å².